The molecule has 2 nitrogen and oxygen atoms in total. The van der Waals surface area contributed by atoms with Gasteiger partial charge in [-0.1, -0.05) is 145 Å². The summed E-state index contributed by atoms with van der Waals surface area (Å²) in [6.07, 6.45) is 0. The van der Waals surface area contributed by atoms with E-state index in [0.29, 0.717) is 22.7 Å². The van der Waals surface area contributed by atoms with E-state index in [1.807, 2.05) is 170 Å². The van der Waals surface area contributed by atoms with Gasteiger partial charge in [0.2, 0.25) is 0 Å². The van der Waals surface area contributed by atoms with E-state index in [4.69, 9.17) is 0 Å². The molecule has 8 aromatic rings. The van der Waals surface area contributed by atoms with E-state index >= 15 is 0 Å². The second kappa shape index (κ2) is 14.2. The molecule has 0 heterocycles. The molecule has 0 N–H and O–H groups in total. The summed E-state index contributed by atoms with van der Waals surface area (Å²) in [7, 11) is 0. The molecule has 238 valence electrons. The lowest BCUT2D eigenvalue weighted by atomic mass is 10.0. The molecule has 0 unspecified atom stereocenters. The largest absolute Gasteiger partial charge is 0.311 e. The van der Waals surface area contributed by atoms with Gasteiger partial charge < -0.3 is 9.80 Å². The Hall–Kier alpha value is -6.64. The first-order valence-electron chi connectivity index (χ1n) is 20.4. The molecule has 0 aliphatic heterocycles. The van der Waals surface area contributed by atoms with Crippen molar-refractivity contribution in [3.8, 4) is 33.4 Å². The summed E-state index contributed by atoms with van der Waals surface area (Å²) in [5.41, 5.74) is 5.74. The van der Waals surface area contributed by atoms with E-state index in [2.05, 4.69) is 0 Å². The summed E-state index contributed by atoms with van der Waals surface area (Å²) in [6, 6.07) is 49.8. The van der Waals surface area contributed by atoms with Gasteiger partial charge in [0.1, 0.15) is 0 Å². The van der Waals surface area contributed by atoms with Gasteiger partial charge in [-0.3, -0.25) is 0 Å². The van der Waals surface area contributed by atoms with Crippen LogP contribution in [0.15, 0.2) is 218 Å². The number of nitrogens with zero attached hydrogens (tertiary/aromatic N) is 2. The molecule has 0 amide bonds. The van der Waals surface area contributed by atoms with Crippen molar-refractivity contribution in [2.45, 2.75) is 0 Å². The van der Waals surface area contributed by atoms with Crippen LogP contribution in [-0.4, -0.2) is 0 Å². The molecule has 0 radical (unpaired) electrons. The maximum Gasteiger partial charge on any atom is 0.0645 e. The highest BCUT2D eigenvalue weighted by Crippen LogP contribution is 2.39. The molecule has 0 saturated carbocycles. The van der Waals surface area contributed by atoms with E-state index in [1.54, 1.807) is 9.80 Å². The molecular weight excluding hydrogens is 605 g/mol. The Bertz CT molecular complexity index is 2480. The summed E-state index contributed by atoms with van der Waals surface area (Å²) in [5.74, 6) is 0. The highest BCUT2D eigenvalue weighted by atomic mass is 15.1. The third-order valence-electron chi connectivity index (χ3n) is 8.41. The van der Waals surface area contributed by atoms with E-state index in [0.717, 1.165) is 22.3 Å². The zero-order chi connectivity index (χ0) is 40.5. The zero-order valence-electron chi connectivity index (χ0n) is 35.1. The average Bonchev–Trinajstić information content (AvgIpc) is 3.28. The third-order valence-corrected chi connectivity index (χ3v) is 8.41. The molecule has 8 rings (SSSR count). The Balaban J connectivity index is 1.27. The van der Waals surface area contributed by atoms with Crippen molar-refractivity contribution in [3.63, 3.8) is 0 Å². The lowest BCUT2D eigenvalue weighted by molar-refractivity contribution is 1.28. The van der Waals surface area contributed by atoms with Crippen molar-refractivity contribution < 1.29 is 11.0 Å². The van der Waals surface area contributed by atoms with Crippen molar-refractivity contribution in [1.82, 2.24) is 0 Å². The predicted octanol–water partition coefficient (Wildman–Crippen LogP) is 13.6. The van der Waals surface area contributed by atoms with Gasteiger partial charge in [-0.25, -0.2) is 0 Å². The van der Waals surface area contributed by atoms with Gasteiger partial charge in [0.05, 0.1) is 11.0 Å². The van der Waals surface area contributed by atoms with Gasteiger partial charge in [-0.15, -0.1) is 0 Å². The topological polar surface area (TPSA) is 6.48 Å². The van der Waals surface area contributed by atoms with Crippen molar-refractivity contribution in [3.05, 3.63) is 218 Å². The van der Waals surface area contributed by atoms with E-state index in [-0.39, 0.29) is 22.5 Å². The van der Waals surface area contributed by atoms with Crippen LogP contribution in [0.25, 0.3) is 33.4 Å². The van der Waals surface area contributed by atoms with Gasteiger partial charge in [-0.05, 0) is 106 Å². The van der Waals surface area contributed by atoms with Gasteiger partial charge in [-0.2, -0.15) is 0 Å². The minimum atomic E-state index is -0.484. The van der Waals surface area contributed by atoms with E-state index in [1.165, 1.54) is 0 Å². The lowest BCUT2D eigenvalue weighted by Gasteiger charge is -2.26. The molecule has 0 saturated heterocycles. The molecule has 0 aliphatic rings. The molecule has 50 heavy (non-hydrogen) atoms. The van der Waals surface area contributed by atoms with Crippen LogP contribution in [0.4, 0.5) is 34.1 Å². The number of rotatable bonds is 9. The normalized spacial score (nSPS) is 13.0. The van der Waals surface area contributed by atoms with Gasteiger partial charge in [0, 0.05) is 34.1 Å². The molecule has 0 aliphatic carbocycles. The lowest BCUT2D eigenvalue weighted by Crippen LogP contribution is -2.10. The Morgan fingerprint density at radius 2 is 0.480 bits per heavy atom. The molecule has 8 aromatic carbocycles. The highest BCUT2D eigenvalue weighted by molar-refractivity contribution is 5.82. The minimum absolute atomic E-state index is 0.0153. The maximum atomic E-state index is 9.33. The maximum absolute atomic E-state index is 9.33. The van der Waals surface area contributed by atoms with Gasteiger partial charge >= 0.3 is 0 Å². The van der Waals surface area contributed by atoms with E-state index in [9.17, 15) is 11.0 Å². The van der Waals surface area contributed by atoms with Crippen LogP contribution in [0.2, 0.25) is 0 Å². The van der Waals surface area contributed by atoms with Crippen LogP contribution in [0.5, 0.6) is 0 Å². The first kappa shape index (κ1) is 22.8. The van der Waals surface area contributed by atoms with Crippen molar-refractivity contribution in [2.24, 2.45) is 0 Å². The van der Waals surface area contributed by atoms with Crippen LogP contribution >= 0.6 is 0 Å². The van der Waals surface area contributed by atoms with Crippen LogP contribution < -0.4 is 9.80 Å². The predicted molar refractivity (Wildman–Crippen MR) is 212 cm³/mol. The van der Waals surface area contributed by atoms with Gasteiger partial charge in [0.25, 0.3) is 0 Å². The summed E-state index contributed by atoms with van der Waals surface area (Å²) in [6.45, 7) is 0. The standard InChI is InChI=1S/C48H36N2/c1-5-13-37(14-6-1)39-21-29-45(30-22-39)49(43-17-9-3-10-18-43)47-33-25-41(26-34-47)42-27-35-48(36-28-42)50(44-19-11-4-12-20-44)46-31-23-40(24-32-46)38-15-7-2-8-16-38/h1-36H/i25D,26D,27D,28D,33D,34D,35D,36D. The Morgan fingerprint density at radius 1 is 0.220 bits per heavy atom. The third kappa shape index (κ3) is 6.56. The molecular formula is C48H36N2. The second-order valence-electron chi connectivity index (χ2n) is 11.6. The smallest absolute Gasteiger partial charge is 0.0645 e. The van der Waals surface area contributed by atoms with Crippen molar-refractivity contribution in [1.29, 1.82) is 0 Å². The Labute approximate surface area is 306 Å². The quantitative estimate of drug-likeness (QED) is 0.154. The number of benzene rings is 8. The second-order valence-corrected chi connectivity index (χ2v) is 11.6. The molecule has 0 spiro atoms. The summed E-state index contributed by atoms with van der Waals surface area (Å²) < 4.78 is 74.5. The Kier molecular flexibility index (Phi) is 6.50. The highest BCUT2D eigenvalue weighted by Gasteiger charge is 2.15. The number of hydrogen-bond acceptors (Lipinski definition) is 2. The molecule has 2 heteroatoms. The zero-order valence-corrected chi connectivity index (χ0v) is 27.1. The minimum Gasteiger partial charge on any atom is -0.311 e. The number of hydrogen-bond donors (Lipinski definition) is 0. The molecule has 0 aromatic heterocycles. The monoisotopic (exact) mass is 648 g/mol. The van der Waals surface area contributed by atoms with Crippen molar-refractivity contribution >= 4 is 34.1 Å². The average molecular weight is 649 g/mol. The first-order valence-corrected chi connectivity index (χ1v) is 16.4. The molecule has 0 fully saturated rings. The fourth-order valence-electron chi connectivity index (χ4n) is 5.92. The first-order chi connectivity index (χ1) is 28.2. The van der Waals surface area contributed by atoms with Crippen LogP contribution in [0, 0.1) is 0 Å². The van der Waals surface area contributed by atoms with Crippen molar-refractivity contribution in [2.75, 3.05) is 9.80 Å². The van der Waals surface area contributed by atoms with Gasteiger partial charge in [0.15, 0.2) is 0 Å². The summed E-state index contributed by atoms with van der Waals surface area (Å²) in [5, 5.41) is 0. The molecule has 0 bridgehead atoms. The summed E-state index contributed by atoms with van der Waals surface area (Å²) in [4.78, 5) is 3.33. The van der Waals surface area contributed by atoms with Crippen LogP contribution in [-0.2, 0) is 0 Å². The Morgan fingerprint density at radius 3 is 0.800 bits per heavy atom. The molecule has 0 atom stereocenters. The number of para-hydroxylation sites is 2. The van der Waals surface area contributed by atoms with Crippen LogP contribution in [0.1, 0.15) is 11.0 Å². The SMILES string of the molecule is [2H]c1c([2H])c(N(c2ccccc2)c2ccc(-c3ccccc3)cc2)c([2H])c([2H])c1-c1c([2H])c([2H])c(N(c2ccccc2)c2ccc(-c3ccccc3)cc2)c([2H])c1[2H]. The fraction of sp³-hybridized carbons (Fsp3) is 0. The van der Waals surface area contributed by atoms with E-state index < -0.39 is 48.3 Å². The fourth-order valence-corrected chi connectivity index (χ4v) is 5.92. The summed E-state index contributed by atoms with van der Waals surface area (Å²) >= 11 is 0. The number of anilines is 6. The van der Waals surface area contributed by atoms with Crippen LogP contribution in [0.3, 0.4) is 0 Å².